The second-order valence-electron chi connectivity index (χ2n) is 5.21. The van der Waals surface area contributed by atoms with Gasteiger partial charge in [-0.3, -0.25) is 9.69 Å². The molecular formula is C16H21NO4. The number of carbonyl (C=O) groups is 2. The van der Waals surface area contributed by atoms with Crippen molar-refractivity contribution in [3.63, 3.8) is 0 Å². The van der Waals surface area contributed by atoms with Gasteiger partial charge in [-0.15, -0.1) is 0 Å². The molecule has 114 valence electrons. The number of likely N-dealkylation sites (tertiary alicyclic amines) is 1. The van der Waals surface area contributed by atoms with Crippen molar-refractivity contribution >= 4 is 11.8 Å². The molecule has 0 aliphatic carbocycles. The highest BCUT2D eigenvalue weighted by Crippen LogP contribution is 2.22. The highest BCUT2D eigenvalue weighted by molar-refractivity contribution is 6.02. The van der Waals surface area contributed by atoms with E-state index >= 15 is 0 Å². The summed E-state index contributed by atoms with van der Waals surface area (Å²) in [5.41, 5.74) is 0.475. The topological polar surface area (TPSA) is 66.8 Å². The fourth-order valence-corrected chi connectivity index (χ4v) is 2.57. The highest BCUT2D eigenvalue weighted by Gasteiger charge is 2.19. The Kier molecular flexibility index (Phi) is 5.33. The van der Waals surface area contributed by atoms with Crippen molar-refractivity contribution in [3.8, 4) is 5.75 Å². The van der Waals surface area contributed by atoms with E-state index in [1.807, 2.05) is 6.92 Å². The number of aromatic carboxylic acids is 1. The number of hydrogen-bond donors (Lipinski definition) is 1. The van der Waals surface area contributed by atoms with Crippen molar-refractivity contribution in [1.29, 1.82) is 0 Å². The molecule has 0 amide bonds. The number of ether oxygens (including phenoxy) is 1. The molecule has 1 heterocycles. The molecule has 0 unspecified atom stereocenters. The maximum Gasteiger partial charge on any atom is 0.335 e. The number of carboxylic acid groups (broad SMARTS) is 1. The SMILES string of the molecule is CCOc1ccc(C(=O)O)cc1C(=O)CN1CCCCC1. The average molecular weight is 291 g/mol. The van der Waals surface area contributed by atoms with Crippen LogP contribution in [0.4, 0.5) is 0 Å². The zero-order valence-electron chi connectivity index (χ0n) is 12.3. The van der Waals surface area contributed by atoms with Crippen LogP contribution in [0.2, 0.25) is 0 Å². The molecule has 5 heteroatoms. The predicted molar refractivity (Wildman–Crippen MR) is 79.2 cm³/mol. The number of carbonyl (C=O) groups excluding carboxylic acids is 1. The molecule has 0 radical (unpaired) electrons. The molecule has 1 N–H and O–H groups in total. The van der Waals surface area contributed by atoms with Crippen molar-refractivity contribution in [3.05, 3.63) is 29.3 Å². The molecule has 1 saturated heterocycles. The first-order valence-electron chi connectivity index (χ1n) is 7.37. The third-order valence-electron chi connectivity index (χ3n) is 3.64. The first-order chi connectivity index (χ1) is 10.1. The van der Waals surface area contributed by atoms with Crippen LogP contribution in [0.1, 0.15) is 46.9 Å². The van der Waals surface area contributed by atoms with Crippen LogP contribution >= 0.6 is 0 Å². The molecule has 1 aromatic carbocycles. The molecule has 21 heavy (non-hydrogen) atoms. The summed E-state index contributed by atoms with van der Waals surface area (Å²) in [6.07, 6.45) is 3.44. The first kappa shape index (κ1) is 15.5. The third-order valence-corrected chi connectivity index (χ3v) is 3.64. The minimum absolute atomic E-state index is 0.0801. The number of benzene rings is 1. The zero-order chi connectivity index (χ0) is 15.2. The molecule has 0 spiro atoms. The minimum atomic E-state index is -1.04. The Bertz CT molecular complexity index is 521. The molecule has 1 aliphatic heterocycles. The van der Waals surface area contributed by atoms with Crippen LogP contribution in [0.3, 0.4) is 0 Å². The Labute approximate surface area is 124 Å². The zero-order valence-corrected chi connectivity index (χ0v) is 12.3. The number of rotatable bonds is 6. The van der Waals surface area contributed by atoms with E-state index in [2.05, 4.69) is 4.90 Å². The molecule has 1 fully saturated rings. The van der Waals surface area contributed by atoms with Crippen LogP contribution in [0.25, 0.3) is 0 Å². The van der Waals surface area contributed by atoms with Crippen LogP contribution in [0.5, 0.6) is 5.75 Å². The van der Waals surface area contributed by atoms with E-state index < -0.39 is 5.97 Å². The van der Waals surface area contributed by atoms with Crippen molar-refractivity contribution in [2.75, 3.05) is 26.2 Å². The number of carboxylic acids is 1. The van der Waals surface area contributed by atoms with Crippen LogP contribution < -0.4 is 4.74 Å². The number of hydrogen-bond acceptors (Lipinski definition) is 4. The summed E-state index contributed by atoms with van der Waals surface area (Å²) in [5, 5.41) is 9.07. The van der Waals surface area contributed by atoms with Gasteiger partial charge in [0.1, 0.15) is 5.75 Å². The fourth-order valence-electron chi connectivity index (χ4n) is 2.57. The van der Waals surface area contributed by atoms with E-state index in [1.54, 1.807) is 6.07 Å². The van der Waals surface area contributed by atoms with Gasteiger partial charge in [0.2, 0.25) is 0 Å². The van der Waals surface area contributed by atoms with Crippen LogP contribution in [-0.2, 0) is 0 Å². The predicted octanol–water partition coefficient (Wildman–Crippen LogP) is 2.45. The summed E-state index contributed by atoms with van der Waals surface area (Å²) in [6, 6.07) is 4.45. The Morgan fingerprint density at radius 3 is 2.57 bits per heavy atom. The van der Waals surface area contributed by atoms with Crippen molar-refractivity contribution in [1.82, 2.24) is 4.90 Å². The van der Waals surface area contributed by atoms with Crippen molar-refractivity contribution in [2.24, 2.45) is 0 Å². The summed E-state index contributed by atoms with van der Waals surface area (Å²) >= 11 is 0. The summed E-state index contributed by atoms with van der Waals surface area (Å²) < 4.78 is 5.45. The molecule has 5 nitrogen and oxygen atoms in total. The molecule has 1 aromatic rings. The quantitative estimate of drug-likeness (QED) is 0.815. The van der Waals surface area contributed by atoms with Gasteiger partial charge in [0.25, 0.3) is 0 Å². The van der Waals surface area contributed by atoms with Gasteiger partial charge in [-0.2, -0.15) is 0 Å². The Hall–Kier alpha value is -1.88. The maximum atomic E-state index is 12.5. The number of Topliss-reactive ketones (excluding diaryl/α,β-unsaturated/α-hetero) is 1. The van der Waals surface area contributed by atoms with Gasteiger partial charge >= 0.3 is 5.97 Å². The van der Waals surface area contributed by atoms with Gasteiger partial charge < -0.3 is 9.84 Å². The second kappa shape index (κ2) is 7.22. The lowest BCUT2D eigenvalue weighted by Crippen LogP contribution is -2.34. The lowest BCUT2D eigenvalue weighted by atomic mass is 10.0. The van der Waals surface area contributed by atoms with Gasteiger partial charge in [0, 0.05) is 0 Å². The Balaban J connectivity index is 2.19. The van der Waals surface area contributed by atoms with E-state index in [0.717, 1.165) is 25.9 Å². The lowest BCUT2D eigenvalue weighted by Gasteiger charge is -2.25. The Morgan fingerprint density at radius 2 is 1.95 bits per heavy atom. The Morgan fingerprint density at radius 1 is 1.24 bits per heavy atom. The van der Waals surface area contributed by atoms with Crippen LogP contribution in [-0.4, -0.2) is 48.0 Å². The van der Waals surface area contributed by atoms with E-state index in [9.17, 15) is 9.59 Å². The number of ketones is 1. The number of nitrogens with zero attached hydrogens (tertiary/aromatic N) is 1. The first-order valence-corrected chi connectivity index (χ1v) is 7.37. The van der Waals surface area contributed by atoms with Crippen molar-refractivity contribution < 1.29 is 19.4 Å². The minimum Gasteiger partial charge on any atom is -0.493 e. The second-order valence-corrected chi connectivity index (χ2v) is 5.21. The normalized spacial score (nSPS) is 15.7. The van der Waals surface area contributed by atoms with Gasteiger partial charge in [-0.1, -0.05) is 6.42 Å². The van der Waals surface area contributed by atoms with Gasteiger partial charge in [0.05, 0.1) is 24.3 Å². The molecule has 0 bridgehead atoms. The summed E-state index contributed by atoms with van der Waals surface area (Å²) in [4.78, 5) is 25.7. The largest absolute Gasteiger partial charge is 0.493 e. The van der Waals surface area contributed by atoms with E-state index in [4.69, 9.17) is 9.84 Å². The summed E-state index contributed by atoms with van der Waals surface area (Å²) in [7, 11) is 0. The van der Waals surface area contributed by atoms with Crippen molar-refractivity contribution in [2.45, 2.75) is 26.2 Å². The molecular weight excluding hydrogens is 270 g/mol. The number of piperidine rings is 1. The van der Waals surface area contributed by atoms with Crippen LogP contribution in [0, 0.1) is 0 Å². The molecule has 2 rings (SSSR count). The summed E-state index contributed by atoms with van der Waals surface area (Å²) in [5.74, 6) is -0.655. The maximum absolute atomic E-state index is 12.5. The summed E-state index contributed by atoms with van der Waals surface area (Å²) in [6.45, 7) is 4.45. The van der Waals surface area contributed by atoms with Gasteiger partial charge in [-0.25, -0.2) is 4.79 Å². The molecule has 1 aliphatic rings. The monoisotopic (exact) mass is 291 g/mol. The van der Waals surface area contributed by atoms with Crippen LogP contribution in [0.15, 0.2) is 18.2 Å². The van der Waals surface area contributed by atoms with E-state index in [-0.39, 0.29) is 11.3 Å². The molecule has 0 atom stereocenters. The fraction of sp³-hybridized carbons (Fsp3) is 0.500. The average Bonchev–Trinajstić information content (AvgIpc) is 2.48. The van der Waals surface area contributed by atoms with E-state index in [1.165, 1.54) is 18.6 Å². The van der Waals surface area contributed by atoms with Gasteiger partial charge in [-0.05, 0) is 51.1 Å². The third kappa shape index (κ3) is 4.04. The lowest BCUT2D eigenvalue weighted by molar-refractivity contribution is 0.0697. The molecule has 0 saturated carbocycles. The van der Waals surface area contributed by atoms with E-state index in [0.29, 0.717) is 24.5 Å². The standard InChI is InChI=1S/C16H21NO4/c1-2-21-15-7-6-12(16(19)20)10-13(15)14(18)11-17-8-4-3-5-9-17/h6-7,10H,2-5,8-9,11H2,1H3,(H,19,20). The highest BCUT2D eigenvalue weighted by atomic mass is 16.5. The smallest absolute Gasteiger partial charge is 0.335 e. The molecule has 0 aromatic heterocycles. The van der Waals surface area contributed by atoms with Gasteiger partial charge in [0.15, 0.2) is 5.78 Å².